The van der Waals surface area contributed by atoms with E-state index >= 15 is 0 Å². The van der Waals surface area contributed by atoms with Gasteiger partial charge in [0.25, 0.3) is 0 Å². The third kappa shape index (κ3) is 6.06. The molecule has 2 aromatic heterocycles. The Hall–Kier alpha value is -3.66. The van der Waals surface area contributed by atoms with Crippen LogP contribution in [0.25, 0.3) is 0 Å². The Bertz CT molecular complexity index is 1530. The molecule has 0 radical (unpaired) electrons. The third-order valence-corrected chi connectivity index (χ3v) is 8.95. The molecule has 2 aromatic carbocycles. The van der Waals surface area contributed by atoms with Gasteiger partial charge in [-0.3, -0.25) is 0 Å². The first-order chi connectivity index (χ1) is 18.9. The van der Waals surface area contributed by atoms with Gasteiger partial charge in [-0.05, 0) is 67.6 Å². The Morgan fingerprint density at radius 2 is 1.23 bits per heavy atom. The second-order valence-corrected chi connectivity index (χ2v) is 11.9. The predicted octanol–water partition coefficient (Wildman–Crippen LogP) is 6.30. The van der Waals surface area contributed by atoms with E-state index in [4.69, 9.17) is 0 Å². The van der Waals surface area contributed by atoms with Gasteiger partial charge in [-0.1, -0.05) is 24.3 Å². The molecular weight excluding hydrogens is 488 g/mol. The molecule has 0 saturated carbocycles. The highest BCUT2D eigenvalue weighted by Crippen LogP contribution is 2.25. The van der Waals surface area contributed by atoms with Gasteiger partial charge in [-0.25, -0.2) is 4.57 Å². The number of rotatable bonds is 8. The molecular formula is C36H48N4+2. The minimum absolute atomic E-state index is 0.885. The summed E-state index contributed by atoms with van der Waals surface area (Å²) in [4.78, 5) is 4.49. The van der Waals surface area contributed by atoms with E-state index in [0.29, 0.717) is 0 Å². The zero-order chi connectivity index (χ0) is 29.3. The summed E-state index contributed by atoms with van der Waals surface area (Å²) in [5, 5.41) is 0. The topological polar surface area (TPSA) is 14.2 Å². The average molecular weight is 537 g/mol. The van der Waals surface area contributed by atoms with Crippen LogP contribution in [0.15, 0.2) is 54.6 Å². The van der Waals surface area contributed by atoms with E-state index in [9.17, 15) is 0 Å². The lowest BCUT2D eigenvalue weighted by Gasteiger charge is -2.22. The fourth-order valence-corrected chi connectivity index (χ4v) is 5.84. The summed E-state index contributed by atoms with van der Waals surface area (Å²) in [6.07, 6.45) is 0.975. The van der Waals surface area contributed by atoms with Gasteiger partial charge >= 0.3 is 0 Å². The van der Waals surface area contributed by atoms with Crippen molar-refractivity contribution in [1.29, 1.82) is 0 Å². The molecule has 4 nitrogen and oxygen atoms in total. The van der Waals surface area contributed by atoms with E-state index in [1.54, 1.807) is 0 Å². The van der Waals surface area contributed by atoms with Gasteiger partial charge in [0.05, 0.1) is 0 Å². The van der Waals surface area contributed by atoms with Gasteiger partial charge in [0.15, 0.2) is 29.3 Å². The number of pyridine rings is 2. The lowest BCUT2D eigenvalue weighted by atomic mass is 9.95. The van der Waals surface area contributed by atoms with Crippen LogP contribution in [0.4, 0.5) is 11.4 Å². The third-order valence-electron chi connectivity index (χ3n) is 8.95. The summed E-state index contributed by atoms with van der Waals surface area (Å²) < 4.78 is 4.75. The second-order valence-electron chi connectivity index (χ2n) is 11.9. The first-order valence-electron chi connectivity index (χ1n) is 14.4. The highest BCUT2D eigenvalue weighted by molar-refractivity contribution is 5.60. The number of aryl methyl sites for hydroxylation is 3. The summed E-state index contributed by atoms with van der Waals surface area (Å²) in [7, 11) is 8.52. The van der Waals surface area contributed by atoms with Crippen molar-refractivity contribution in [2.75, 3.05) is 30.9 Å². The fourth-order valence-electron chi connectivity index (χ4n) is 5.84. The van der Waals surface area contributed by atoms with Crippen LogP contribution in [0.1, 0.15) is 61.7 Å². The van der Waals surface area contributed by atoms with E-state index in [1.807, 2.05) is 0 Å². The molecule has 0 aliphatic rings. The average Bonchev–Trinajstić information content (AvgIpc) is 2.91. The van der Waals surface area contributed by atoms with Gasteiger partial charge in [0, 0.05) is 95.6 Å². The molecule has 2 heterocycles. The molecule has 4 rings (SSSR count). The smallest absolute Gasteiger partial charge is 0.181 e. The summed E-state index contributed by atoms with van der Waals surface area (Å²) in [6.45, 7) is 17.4. The lowest BCUT2D eigenvalue weighted by molar-refractivity contribution is -0.700. The Kier molecular flexibility index (Phi) is 8.68. The van der Waals surface area contributed by atoms with Crippen molar-refractivity contribution in [3.63, 3.8) is 0 Å². The largest absolute Gasteiger partial charge is 0.377 e. The van der Waals surface area contributed by atoms with Crippen molar-refractivity contribution in [3.05, 3.63) is 116 Å². The Labute approximate surface area is 242 Å². The van der Waals surface area contributed by atoms with Gasteiger partial charge in [-0.15, -0.1) is 0 Å². The molecule has 0 bridgehead atoms. The van der Waals surface area contributed by atoms with E-state index in [-0.39, 0.29) is 0 Å². The fraction of sp³-hybridized carbons (Fsp3) is 0.389. The molecule has 0 amide bonds. The summed E-state index contributed by atoms with van der Waals surface area (Å²) in [5.74, 6) is 0. The molecule has 4 heteroatoms. The van der Waals surface area contributed by atoms with Crippen LogP contribution in [0.3, 0.4) is 0 Å². The molecule has 0 unspecified atom stereocenters. The molecule has 0 saturated heterocycles. The van der Waals surface area contributed by atoms with E-state index in [0.717, 1.165) is 19.5 Å². The number of nitrogens with zero attached hydrogens (tertiary/aromatic N) is 4. The molecule has 0 aliphatic heterocycles. The summed E-state index contributed by atoms with van der Waals surface area (Å²) >= 11 is 0. The van der Waals surface area contributed by atoms with Crippen LogP contribution in [0.5, 0.6) is 0 Å². The highest BCUT2D eigenvalue weighted by atomic mass is 15.1. The van der Waals surface area contributed by atoms with Gasteiger partial charge in [0.2, 0.25) is 0 Å². The molecule has 0 fully saturated rings. The zero-order valence-corrected chi connectivity index (χ0v) is 26.6. The monoisotopic (exact) mass is 536 g/mol. The van der Waals surface area contributed by atoms with Crippen molar-refractivity contribution >= 4 is 11.4 Å². The highest BCUT2D eigenvalue weighted by Gasteiger charge is 2.20. The van der Waals surface area contributed by atoms with Crippen LogP contribution in [0.2, 0.25) is 0 Å². The molecule has 0 aliphatic carbocycles. The van der Waals surface area contributed by atoms with Crippen LogP contribution < -0.4 is 18.9 Å². The van der Waals surface area contributed by atoms with Gasteiger partial charge < -0.3 is 9.80 Å². The maximum absolute atomic E-state index is 2.46. The van der Waals surface area contributed by atoms with Gasteiger partial charge in [0.1, 0.15) is 7.05 Å². The summed E-state index contributed by atoms with van der Waals surface area (Å²) in [5.41, 5.74) is 17.4. The van der Waals surface area contributed by atoms with Crippen LogP contribution in [-0.4, -0.2) is 21.1 Å². The number of anilines is 2. The SMILES string of the molecule is Cc1cc(N(C)Cc2ccc(C[n+]3c(C)cc(Cc4cc(C)[n+](C)c(C)c4C)c(C)c3C)cc2)ccc1N(C)C. The molecule has 0 spiro atoms. The number of hydrogen-bond donors (Lipinski definition) is 0. The van der Waals surface area contributed by atoms with Crippen molar-refractivity contribution in [2.24, 2.45) is 7.05 Å². The standard InChI is InChI=1S/C36H48N4/c1-24-18-35(16-17-36(24)37(8)9)38(10)22-31-12-14-32(15-13-31)23-40-26(3)20-34(28(5)30(40)7)21-33-19-25(2)39(11)29(6)27(33)4/h12-20H,21-23H2,1-11H3/q+2. The Morgan fingerprint density at radius 1 is 0.650 bits per heavy atom. The Balaban J connectivity index is 1.49. The number of hydrogen-bond acceptors (Lipinski definition) is 2. The molecule has 0 atom stereocenters. The molecule has 40 heavy (non-hydrogen) atoms. The molecule has 4 aromatic rings. The maximum atomic E-state index is 2.46. The minimum Gasteiger partial charge on any atom is -0.377 e. The van der Waals surface area contributed by atoms with E-state index in [1.165, 1.54) is 73.1 Å². The Morgan fingerprint density at radius 3 is 1.82 bits per heavy atom. The summed E-state index contributed by atoms with van der Waals surface area (Å²) in [6, 6.07) is 20.6. The zero-order valence-electron chi connectivity index (χ0n) is 26.6. The van der Waals surface area contributed by atoms with Crippen LogP contribution in [0, 0.1) is 48.5 Å². The quantitative estimate of drug-likeness (QED) is 0.245. The normalized spacial score (nSPS) is 11.2. The number of aromatic nitrogens is 2. The first-order valence-corrected chi connectivity index (χ1v) is 14.4. The lowest BCUT2D eigenvalue weighted by Crippen LogP contribution is -2.42. The van der Waals surface area contributed by atoms with Crippen LogP contribution >= 0.6 is 0 Å². The van der Waals surface area contributed by atoms with E-state index in [2.05, 4.69) is 150 Å². The van der Waals surface area contributed by atoms with Crippen LogP contribution in [-0.2, 0) is 26.6 Å². The van der Waals surface area contributed by atoms with Gasteiger partial charge in [-0.2, -0.15) is 4.57 Å². The molecule has 0 N–H and O–H groups in total. The van der Waals surface area contributed by atoms with Crippen molar-refractivity contribution < 1.29 is 9.13 Å². The second kappa shape index (κ2) is 11.8. The predicted molar refractivity (Wildman–Crippen MR) is 169 cm³/mol. The number of benzene rings is 2. The van der Waals surface area contributed by atoms with Crippen molar-refractivity contribution in [2.45, 2.75) is 68.0 Å². The minimum atomic E-state index is 0.885. The molecule has 210 valence electrons. The maximum Gasteiger partial charge on any atom is 0.181 e. The van der Waals surface area contributed by atoms with E-state index < -0.39 is 0 Å². The first kappa shape index (κ1) is 29.3. The van der Waals surface area contributed by atoms with Crippen molar-refractivity contribution in [3.8, 4) is 0 Å². The van der Waals surface area contributed by atoms with Crippen molar-refractivity contribution in [1.82, 2.24) is 0 Å².